The number of carbonyl (C=O) groups excluding carboxylic acids is 2. The van der Waals surface area contributed by atoms with Crippen LogP contribution >= 0.6 is 7.82 Å². The van der Waals surface area contributed by atoms with Gasteiger partial charge in [0, 0.05) is 25.2 Å². The van der Waals surface area contributed by atoms with Crippen LogP contribution in [0, 0.1) is 5.92 Å². The average Bonchev–Trinajstić information content (AvgIpc) is 3.28. The highest BCUT2D eigenvalue weighted by Crippen LogP contribution is 2.43. The molecule has 1 aliphatic heterocycles. The predicted molar refractivity (Wildman–Crippen MR) is 257 cm³/mol. The second-order valence-corrected chi connectivity index (χ2v) is 19.6. The Balaban J connectivity index is 2.41. The second kappa shape index (κ2) is 40.7. The average molecular weight is 962 g/mol. The molecule has 8 atom stereocenters. The summed E-state index contributed by atoms with van der Waals surface area (Å²) in [5.41, 5.74) is 5.35. The Morgan fingerprint density at radius 1 is 0.697 bits per heavy atom. The molecule has 1 saturated heterocycles. The van der Waals surface area contributed by atoms with Crippen LogP contribution in [0.25, 0.3) is 0 Å². The van der Waals surface area contributed by atoms with E-state index >= 15 is 0 Å². The fourth-order valence-electron chi connectivity index (χ4n) is 7.87. The van der Waals surface area contributed by atoms with Gasteiger partial charge in [0.1, 0.15) is 12.6 Å². The number of hydrogen-bond acceptors (Lipinski definition) is 13. The normalized spacial score (nSPS) is 20.0. The first-order chi connectivity index (χ1) is 31.8. The van der Waals surface area contributed by atoms with Crippen molar-refractivity contribution in [3.05, 3.63) is 24.3 Å². The molecule has 1 aliphatic rings. The SMILES string of the molecule is CCCCCCCCCCCCCCCCCCCCCCCC(=O)O[C@H](COC(=O)CCC/C=C\C[C@H]1[C@@H](O)CC(O)O[C@@H]1/C=C/[C@@H](O)CCCCC)COP(=O)(O)OC[C@H](N)C(=O)O. The first kappa shape index (κ1) is 61.8. The third-order valence-electron chi connectivity index (χ3n) is 12.0. The summed E-state index contributed by atoms with van der Waals surface area (Å²) in [6, 6.07) is -1.56. The summed E-state index contributed by atoms with van der Waals surface area (Å²) in [7, 11) is -4.79. The minimum Gasteiger partial charge on any atom is -0.480 e. The molecule has 0 bridgehead atoms. The van der Waals surface area contributed by atoms with Gasteiger partial charge in [0.05, 0.1) is 31.5 Å². The van der Waals surface area contributed by atoms with Crippen LogP contribution in [-0.2, 0) is 42.2 Å². The summed E-state index contributed by atoms with van der Waals surface area (Å²) in [4.78, 5) is 46.4. The summed E-state index contributed by atoms with van der Waals surface area (Å²) >= 11 is 0. The number of allylic oxidation sites excluding steroid dienone is 2. The molecule has 386 valence electrons. The number of phosphoric acid groups is 1. The number of nitrogens with two attached hydrogens (primary N) is 1. The van der Waals surface area contributed by atoms with Crippen LogP contribution in [-0.4, -0.2) is 99.8 Å². The van der Waals surface area contributed by atoms with Crippen LogP contribution in [0.5, 0.6) is 0 Å². The highest BCUT2D eigenvalue weighted by atomic mass is 31.2. The number of ether oxygens (including phenoxy) is 3. The number of carboxylic acid groups (broad SMARTS) is 1. The standard InChI is InChI=1S/C50H92NO14P/c1-3-5-7-8-9-10-11-12-13-14-15-16-17-18-19-20-21-22-23-24-30-34-48(55)64-42(39-62-66(59,60)63-40-44(51)50(57)58)38-61-47(54)33-29-26-25-28-32-43-45(53)37-49(56)65-46(43)36-35-41(52)31-27-6-4-2/h25,28,35-36,41-46,49,52-53,56H,3-24,26-27,29-34,37-40,51H2,1-2H3,(H,57,58)(H,59,60)/b28-25-,36-35+/t41-,42+,43-,44-,45-,46+,49?/m0/s1. The Bertz CT molecular complexity index is 1330. The molecule has 16 heteroatoms. The summed E-state index contributed by atoms with van der Waals surface area (Å²) in [6.07, 6.45) is 34.3. The van der Waals surface area contributed by atoms with Gasteiger partial charge in [-0.15, -0.1) is 0 Å². The summed E-state index contributed by atoms with van der Waals surface area (Å²) in [5.74, 6) is -2.93. The molecule has 0 saturated carbocycles. The van der Waals surface area contributed by atoms with Gasteiger partial charge in [-0.25, -0.2) is 4.57 Å². The van der Waals surface area contributed by atoms with E-state index in [0.717, 1.165) is 38.5 Å². The third-order valence-corrected chi connectivity index (χ3v) is 12.9. The molecule has 0 amide bonds. The van der Waals surface area contributed by atoms with Gasteiger partial charge in [0.25, 0.3) is 0 Å². The Morgan fingerprint density at radius 3 is 1.74 bits per heavy atom. The van der Waals surface area contributed by atoms with Gasteiger partial charge in [-0.05, 0) is 32.1 Å². The lowest BCUT2D eigenvalue weighted by molar-refractivity contribution is -0.199. The van der Waals surface area contributed by atoms with Crippen LogP contribution in [0.2, 0.25) is 0 Å². The van der Waals surface area contributed by atoms with Crippen molar-refractivity contribution in [1.29, 1.82) is 0 Å². The molecule has 0 spiro atoms. The van der Waals surface area contributed by atoms with Crippen molar-refractivity contribution in [2.45, 2.75) is 250 Å². The monoisotopic (exact) mass is 962 g/mol. The van der Waals surface area contributed by atoms with Crippen LogP contribution in [0.15, 0.2) is 24.3 Å². The highest BCUT2D eigenvalue weighted by Gasteiger charge is 2.35. The van der Waals surface area contributed by atoms with Gasteiger partial charge in [0.2, 0.25) is 0 Å². The molecule has 1 rings (SSSR count). The first-order valence-corrected chi connectivity index (χ1v) is 27.3. The van der Waals surface area contributed by atoms with E-state index in [1.165, 1.54) is 109 Å². The maximum absolute atomic E-state index is 12.8. The molecular formula is C50H92NO14P. The van der Waals surface area contributed by atoms with Gasteiger partial charge < -0.3 is 45.3 Å². The number of phosphoric ester groups is 1. The van der Waals surface area contributed by atoms with E-state index in [9.17, 15) is 39.2 Å². The van der Waals surface area contributed by atoms with Gasteiger partial charge in [-0.3, -0.25) is 23.4 Å². The van der Waals surface area contributed by atoms with Crippen LogP contribution in [0.4, 0.5) is 0 Å². The Hall–Kier alpha value is -2.20. The zero-order valence-corrected chi connectivity index (χ0v) is 41.7. The molecule has 1 heterocycles. The summed E-state index contributed by atoms with van der Waals surface area (Å²) < 4.78 is 38.5. The minimum absolute atomic E-state index is 0.0304. The van der Waals surface area contributed by atoms with E-state index in [1.54, 1.807) is 12.2 Å². The molecule has 15 nitrogen and oxygen atoms in total. The Labute approximate surface area is 397 Å². The van der Waals surface area contributed by atoms with Crippen molar-refractivity contribution in [3.8, 4) is 0 Å². The van der Waals surface area contributed by atoms with Crippen molar-refractivity contribution in [1.82, 2.24) is 0 Å². The maximum atomic E-state index is 12.8. The van der Waals surface area contributed by atoms with Gasteiger partial charge in [0.15, 0.2) is 12.4 Å². The zero-order chi connectivity index (χ0) is 48.7. The van der Waals surface area contributed by atoms with E-state index < -0.39 is 82.3 Å². The number of carbonyl (C=O) groups is 3. The van der Waals surface area contributed by atoms with Crippen molar-refractivity contribution < 1.29 is 67.5 Å². The van der Waals surface area contributed by atoms with E-state index in [-0.39, 0.29) is 25.2 Å². The molecule has 66 heavy (non-hydrogen) atoms. The molecule has 0 aromatic rings. The predicted octanol–water partition coefficient (Wildman–Crippen LogP) is 10.3. The van der Waals surface area contributed by atoms with Crippen LogP contribution in [0.1, 0.15) is 213 Å². The van der Waals surface area contributed by atoms with Crippen molar-refractivity contribution in [2.75, 3.05) is 19.8 Å². The Morgan fingerprint density at radius 2 is 1.20 bits per heavy atom. The zero-order valence-electron chi connectivity index (χ0n) is 40.8. The molecule has 2 unspecified atom stereocenters. The molecule has 0 aromatic carbocycles. The van der Waals surface area contributed by atoms with E-state index in [1.807, 2.05) is 12.2 Å². The number of carboxylic acids is 1. The van der Waals surface area contributed by atoms with Crippen molar-refractivity contribution in [2.24, 2.45) is 11.7 Å². The number of hydrogen-bond donors (Lipinski definition) is 6. The fraction of sp³-hybridized carbons (Fsp3) is 0.860. The molecular weight excluding hydrogens is 870 g/mol. The highest BCUT2D eigenvalue weighted by molar-refractivity contribution is 7.47. The lowest BCUT2D eigenvalue weighted by Gasteiger charge is -2.36. The van der Waals surface area contributed by atoms with Crippen molar-refractivity contribution >= 4 is 25.7 Å². The maximum Gasteiger partial charge on any atom is 0.472 e. The smallest absolute Gasteiger partial charge is 0.472 e. The lowest BCUT2D eigenvalue weighted by atomic mass is 9.87. The number of rotatable bonds is 44. The van der Waals surface area contributed by atoms with E-state index in [2.05, 4.69) is 18.4 Å². The number of aliphatic carboxylic acids is 1. The van der Waals surface area contributed by atoms with Gasteiger partial charge in [-0.1, -0.05) is 186 Å². The molecule has 7 N–H and O–H groups in total. The second-order valence-electron chi connectivity index (χ2n) is 18.2. The van der Waals surface area contributed by atoms with E-state index in [4.69, 9.17) is 29.6 Å². The topological polar surface area (TPSA) is 242 Å². The first-order valence-electron chi connectivity index (χ1n) is 25.8. The lowest BCUT2D eigenvalue weighted by Crippen LogP contribution is -2.43. The van der Waals surface area contributed by atoms with Gasteiger partial charge >= 0.3 is 25.7 Å². The number of aliphatic hydroxyl groups excluding tert-OH is 3. The van der Waals surface area contributed by atoms with Crippen LogP contribution < -0.4 is 5.73 Å². The summed E-state index contributed by atoms with van der Waals surface area (Å²) in [6.45, 7) is 2.46. The quantitative estimate of drug-likeness (QED) is 0.0144. The number of esters is 2. The van der Waals surface area contributed by atoms with Crippen molar-refractivity contribution in [3.63, 3.8) is 0 Å². The van der Waals surface area contributed by atoms with Crippen LogP contribution in [0.3, 0.4) is 0 Å². The van der Waals surface area contributed by atoms with E-state index in [0.29, 0.717) is 32.1 Å². The molecule has 0 radical (unpaired) electrons. The third kappa shape index (κ3) is 35.0. The molecule has 1 fully saturated rings. The largest absolute Gasteiger partial charge is 0.480 e. The number of aliphatic hydroxyl groups is 3. The summed E-state index contributed by atoms with van der Waals surface area (Å²) in [5, 5.41) is 39.9. The van der Waals surface area contributed by atoms with Gasteiger partial charge in [-0.2, -0.15) is 0 Å². The fourth-order valence-corrected chi connectivity index (χ4v) is 8.65. The molecule has 0 aliphatic carbocycles. The minimum atomic E-state index is -4.79. The molecule has 0 aromatic heterocycles. The number of unbranched alkanes of at least 4 members (excludes halogenated alkanes) is 23. The Kier molecular flexibility index (Phi) is 38.1.